The van der Waals surface area contributed by atoms with Gasteiger partial charge in [0, 0.05) is 24.0 Å². The van der Waals surface area contributed by atoms with Gasteiger partial charge >= 0.3 is 6.18 Å². The number of para-hydroxylation sites is 1. The van der Waals surface area contributed by atoms with Gasteiger partial charge in [0.15, 0.2) is 0 Å². The van der Waals surface area contributed by atoms with Crippen LogP contribution >= 0.6 is 11.3 Å². The van der Waals surface area contributed by atoms with Gasteiger partial charge < -0.3 is 20.3 Å². The Morgan fingerprint density at radius 1 is 1.15 bits per heavy atom. The highest BCUT2D eigenvalue weighted by Gasteiger charge is 2.41. The molecule has 2 aromatic heterocycles. The first-order chi connectivity index (χ1) is 19.8. The van der Waals surface area contributed by atoms with E-state index in [9.17, 15) is 18.0 Å². The number of rotatable bonds is 9. The molecule has 0 spiro atoms. The lowest BCUT2D eigenvalue weighted by Crippen LogP contribution is -2.40. The summed E-state index contributed by atoms with van der Waals surface area (Å²) in [5, 5.41) is 15.9. The summed E-state index contributed by atoms with van der Waals surface area (Å²) in [7, 11) is 1.83. The minimum absolute atomic E-state index is 0.0816. The van der Waals surface area contributed by atoms with Crippen LogP contribution in [0, 0.1) is 5.92 Å². The summed E-state index contributed by atoms with van der Waals surface area (Å²) in [5.41, 5.74) is 0.367. The summed E-state index contributed by atoms with van der Waals surface area (Å²) >= 11 is 1.35. The minimum atomic E-state index is -4.74. The van der Waals surface area contributed by atoms with E-state index < -0.39 is 17.6 Å². The van der Waals surface area contributed by atoms with Gasteiger partial charge in [-0.05, 0) is 62.7 Å². The smallest absolute Gasteiger partial charge is 0.422 e. The second-order valence-electron chi connectivity index (χ2n) is 9.76. The molecule has 1 amide bonds. The van der Waals surface area contributed by atoms with Crippen LogP contribution in [0.5, 0.6) is 11.5 Å². The largest absolute Gasteiger partial charge is 0.457 e. The highest BCUT2D eigenvalue weighted by Crippen LogP contribution is 2.48. The number of anilines is 2. The van der Waals surface area contributed by atoms with E-state index >= 15 is 0 Å². The molecule has 41 heavy (non-hydrogen) atoms. The highest BCUT2D eigenvalue weighted by molar-refractivity contribution is 7.13. The van der Waals surface area contributed by atoms with Crippen LogP contribution in [0.1, 0.15) is 24.1 Å². The fourth-order valence-corrected chi connectivity index (χ4v) is 5.81. The third-order valence-corrected chi connectivity index (χ3v) is 7.66. The number of hydrogen-bond donors (Lipinski definition) is 2. The van der Waals surface area contributed by atoms with Crippen LogP contribution in [0.4, 0.5) is 24.5 Å². The predicted octanol–water partition coefficient (Wildman–Crippen LogP) is 6.03. The maximum atomic E-state index is 14.8. The molecule has 1 aliphatic rings. The Bertz CT molecular complexity index is 1460. The summed E-state index contributed by atoms with van der Waals surface area (Å²) in [6.07, 6.45) is -0.0760. The number of nitrogens with zero attached hydrogens (tertiary/aromatic N) is 4. The van der Waals surface area contributed by atoms with Gasteiger partial charge in [0.1, 0.15) is 22.1 Å². The Labute approximate surface area is 239 Å². The second-order valence-corrected chi connectivity index (χ2v) is 10.6. The van der Waals surface area contributed by atoms with Gasteiger partial charge in [-0.2, -0.15) is 23.4 Å². The van der Waals surface area contributed by atoms with Gasteiger partial charge in [-0.25, -0.2) is 4.98 Å². The van der Waals surface area contributed by atoms with E-state index in [-0.39, 0.29) is 35.2 Å². The van der Waals surface area contributed by atoms with Gasteiger partial charge in [-0.1, -0.05) is 18.2 Å². The minimum Gasteiger partial charge on any atom is -0.457 e. The number of piperidine rings is 1. The molecule has 0 saturated carbocycles. The van der Waals surface area contributed by atoms with Crippen LogP contribution in [0.25, 0.3) is 10.6 Å². The first-order valence-corrected chi connectivity index (χ1v) is 14.1. The zero-order chi connectivity index (χ0) is 28.8. The number of carbonyl (C=O) groups is 1. The van der Waals surface area contributed by atoms with Crippen molar-refractivity contribution >= 4 is 28.6 Å². The van der Waals surface area contributed by atoms with Crippen molar-refractivity contribution in [2.45, 2.75) is 25.4 Å². The molecule has 0 radical (unpaired) electrons. The lowest BCUT2D eigenvalue weighted by Gasteiger charge is -2.37. The molecule has 1 atom stereocenters. The van der Waals surface area contributed by atoms with Crippen LogP contribution in [0.3, 0.4) is 0 Å². The topological polar surface area (TPSA) is 92.3 Å². The van der Waals surface area contributed by atoms with Crippen LogP contribution in [0.2, 0.25) is 0 Å². The van der Waals surface area contributed by atoms with Crippen molar-refractivity contribution in [1.82, 2.24) is 20.5 Å². The lowest BCUT2D eigenvalue weighted by atomic mass is 9.96. The molecule has 2 aromatic carbocycles. The van der Waals surface area contributed by atoms with E-state index in [0.29, 0.717) is 30.3 Å². The summed E-state index contributed by atoms with van der Waals surface area (Å²) in [6.45, 7) is 1.52. The van der Waals surface area contributed by atoms with E-state index in [1.807, 2.05) is 7.05 Å². The molecular formula is C29H29F3N6O2S. The Balaban J connectivity index is 1.48. The third-order valence-electron chi connectivity index (χ3n) is 6.72. The molecule has 0 aliphatic carbocycles. The number of aromatic nitrogens is 3. The number of alkyl halides is 3. The van der Waals surface area contributed by atoms with Crippen molar-refractivity contribution in [2.75, 3.05) is 36.9 Å². The van der Waals surface area contributed by atoms with Gasteiger partial charge in [0.05, 0.1) is 35.9 Å². The molecule has 1 fully saturated rings. The molecule has 0 unspecified atom stereocenters. The molecule has 5 rings (SSSR count). The number of nitrogens with one attached hydrogen (secondary N) is 2. The second kappa shape index (κ2) is 12.6. The summed E-state index contributed by atoms with van der Waals surface area (Å²) in [4.78, 5) is 19.4. The number of ether oxygens (including phenoxy) is 1. The normalized spacial score (nSPS) is 15.5. The Hall–Kier alpha value is -4.03. The molecule has 4 aromatic rings. The first-order valence-electron chi connectivity index (χ1n) is 13.2. The maximum Gasteiger partial charge on any atom is 0.422 e. The molecule has 8 nitrogen and oxygen atoms in total. The number of carbonyl (C=O) groups excluding carboxylic acids is 1. The molecule has 1 saturated heterocycles. The molecule has 2 N–H and O–H groups in total. The van der Waals surface area contributed by atoms with E-state index in [1.165, 1.54) is 23.5 Å². The number of amides is 1. The monoisotopic (exact) mass is 582 g/mol. The van der Waals surface area contributed by atoms with Crippen molar-refractivity contribution in [3.63, 3.8) is 0 Å². The fraction of sp³-hybridized carbons (Fsp3) is 0.310. The fourth-order valence-electron chi connectivity index (χ4n) is 5.00. The van der Waals surface area contributed by atoms with Crippen LogP contribution < -0.4 is 20.3 Å². The molecular weight excluding hydrogens is 553 g/mol. The molecule has 3 heterocycles. The predicted molar refractivity (Wildman–Crippen MR) is 152 cm³/mol. The van der Waals surface area contributed by atoms with E-state index in [2.05, 4.69) is 25.8 Å². The summed E-state index contributed by atoms with van der Waals surface area (Å²) < 4.78 is 50.1. The van der Waals surface area contributed by atoms with Crippen molar-refractivity contribution < 1.29 is 22.7 Å². The number of benzene rings is 2. The SMILES string of the molecule is CNC[C@@H]1CCCN(c2c(NC(=O)Cc3csc(-c4ccnnc4)n3)ccc(Oc3ccccc3)c2C(F)(F)F)C1. The van der Waals surface area contributed by atoms with Gasteiger partial charge in [-0.15, -0.1) is 11.3 Å². The maximum absolute atomic E-state index is 14.8. The van der Waals surface area contributed by atoms with Crippen molar-refractivity contribution in [3.8, 4) is 22.1 Å². The van der Waals surface area contributed by atoms with Gasteiger partial charge in [-0.3, -0.25) is 4.79 Å². The number of hydrogen-bond acceptors (Lipinski definition) is 8. The zero-order valence-electron chi connectivity index (χ0n) is 22.3. The average molecular weight is 583 g/mol. The standard InChI is InChI=1S/C29H29F3N6O2S/c1-33-15-19-6-5-13-38(17-19)27-23(9-10-24(26(27)29(30,31)32)40-22-7-3-2-4-8-22)37-25(39)14-21-18-41-28(36-21)20-11-12-34-35-16-20/h2-4,7-12,16,18-19,33H,5-6,13-15,17H2,1H3,(H,37,39)/t19-/m0/s1. The first kappa shape index (κ1) is 28.5. The van der Waals surface area contributed by atoms with Gasteiger partial charge in [0.25, 0.3) is 0 Å². The number of halogens is 3. The van der Waals surface area contributed by atoms with E-state index in [1.54, 1.807) is 59.1 Å². The Morgan fingerprint density at radius 3 is 2.71 bits per heavy atom. The highest BCUT2D eigenvalue weighted by atomic mass is 32.1. The molecule has 1 aliphatic heterocycles. The lowest BCUT2D eigenvalue weighted by molar-refractivity contribution is -0.138. The summed E-state index contributed by atoms with van der Waals surface area (Å²) in [6, 6.07) is 12.9. The third kappa shape index (κ3) is 7.01. The molecule has 12 heteroatoms. The summed E-state index contributed by atoms with van der Waals surface area (Å²) in [5.74, 6) is -0.337. The van der Waals surface area contributed by atoms with Crippen LogP contribution in [0.15, 0.2) is 66.3 Å². The molecule has 0 bridgehead atoms. The van der Waals surface area contributed by atoms with Crippen molar-refractivity contribution in [1.29, 1.82) is 0 Å². The van der Waals surface area contributed by atoms with Crippen molar-refractivity contribution in [3.05, 3.63) is 77.6 Å². The quantitative estimate of drug-likeness (QED) is 0.249. The van der Waals surface area contributed by atoms with E-state index in [4.69, 9.17) is 4.74 Å². The van der Waals surface area contributed by atoms with Crippen LogP contribution in [-0.4, -0.2) is 47.8 Å². The Morgan fingerprint density at radius 2 is 1.98 bits per heavy atom. The van der Waals surface area contributed by atoms with E-state index in [0.717, 1.165) is 18.4 Å². The molecule has 214 valence electrons. The number of thiazole rings is 1. The van der Waals surface area contributed by atoms with Gasteiger partial charge in [0.2, 0.25) is 5.91 Å². The Kier molecular flexibility index (Phi) is 8.79. The van der Waals surface area contributed by atoms with Crippen LogP contribution in [-0.2, 0) is 17.4 Å². The average Bonchev–Trinajstić information content (AvgIpc) is 3.43. The zero-order valence-corrected chi connectivity index (χ0v) is 23.1. The van der Waals surface area contributed by atoms with Crippen molar-refractivity contribution in [2.24, 2.45) is 5.92 Å².